The number of non-ortho nitro benzene ring substituents is 1. The molecule has 0 N–H and O–H groups in total. The third kappa shape index (κ3) is 3.94. The van der Waals surface area contributed by atoms with Crippen LogP contribution in [0.5, 0.6) is 11.5 Å². The molecule has 11 heteroatoms. The van der Waals surface area contributed by atoms with E-state index in [1.165, 1.54) is 61.6 Å². The highest BCUT2D eigenvalue weighted by atomic mass is 32.2. The number of amides is 2. The van der Waals surface area contributed by atoms with Gasteiger partial charge in [0.25, 0.3) is 15.7 Å². The normalized spacial score (nSPS) is 14.5. The molecule has 3 aromatic rings. The molecule has 0 atom stereocenters. The van der Waals surface area contributed by atoms with Crippen molar-refractivity contribution < 1.29 is 27.6 Å². The summed E-state index contributed by atoms with van der Waals surface area (Å²) in [6.07, 6.45) is 0. The Balaban J connectivity index is 1.87. The average molecular weight is 469 g/mol. The molecule has 0 fully saturated rings. The molecule has 0 saturated carbocycles. The number of urea groups is 1. The quantitative estimate of drug-likeness (QED) is 0.396. The summed E-state index contributed by atoms with van der Waals surface area (Å²) in [6.45, 7) is -0.0787. The zero-order valence-electron chi connectivity index (χ0n) is 17.7. The first-order valence-corrected chi connectivity index (χ1v) is 11.1. The Morgan fingerprint density at radius 3 is 2.24 bits per heavy atom. The number of nitrogens with zero attached hydrogens (tertiary/aromatic N) is 3. The summed E-state index contributed by atoms with van der Waals surface area (Å²) in [4.78, 5) is 25.4. The molecule has 0 aromatic heterocycles. The van der Waals surface area contributed by atoms with Gasteiger partial charge in [0.15, 0.2) is 0 Å². The van der Waals surface area contributed by atoms with Gasteiger partial charge in [-0.1, -0.05) is 24.3 Å². The topological polar surface area (TPSA) is 119 Å². The van der Waals surface area contributed by atoms with E-state index in [1.807, 2.05) is 0 Å². The van der Waals surface area contributed by atoms with Crippen LogP contribution in [0.1, 0.15) is 5.56 Å². The number of anilines is 2. The van der Waals surface area contributed by atoms with Gasteiger partial charge < -0.3 is 9.47 Å². The number of sulfonamides is 1. The molecule has 10 nitrogen and oxygen atoms in total. The van der Waals surface area contributed by atoms with E-state index in [-0.39, 0.29) is 28.5 Å². The fourth-order valence-corrected chi connectivity index (χ4v) is 5.15. The van der Waals surface area contributed by atoms with Crippen molar-refractivity contribution in [3.8, 4) is 11.5 Å². The van der Waals surface area contributed by atoms with Crippen LogP contribution in [0.3, 0.4) is 0 Å². The van der Waals surface area contributed by atoms with Crippen molar-refractivity contribution in [2.75, 3.05) is 23.4 Å². The predicted molar refractivity (Wildman–Crippen MR) is 120 cm³/mol. The number of ether oxygens (including phenoxy) is 2. The van der Waals surface area contributed by atoms with Gasteiger partial charge in [-0.05, 0) is 17.7 Å². The highest BCUT2D eigenvalue weighted by molar-refractivity contribution is 7.94. The molecule has 0 bridgehead atoms. The first-order chi connectivity index (χ1) is 15.8. The van der Waals surface area contributed by atoms with Crippen LogP contribution < -0.4 is 18.7 Å². The standard InChI is InChI=1S/C22H19N3O7S/c1-31-18-11-17(12-19(13-18)32-2)24-22(26)23(14-15-6-5-7-16(10-15)25(27)28)20-8-3-4-9-21(20)33(24,29)30/h3-13H,14H2,1-2H3. The van der Waals surface area contributed by atoms with E-state index in [0.29, 0.717) is 21.4 Å². The van der Waals surface area contributed by atoms with Gasteiger partial charge in [0.2, 0.25) is 0 Å². The molecule has 33 heavy (non-hydrogen) atoms. The minimum Gasteiger partial charge on any atom is -0.497 e. The number of nitro benzene ring substituents is 1. The molecule has 2 amide bonds. The van der Waals surface area contributed by atoms with Gasteiger partial charge in [-0.3, -0.25) is 15.0 Å². The fraction of sp³-hybridized carbons (Fsp3) is 0.136. The molecule has 170 valence electrons. The second kappa shape index (κ2) is 8.43. The Labute approximate surface area is 189 Å². The summed E-state index contributed by atoms with van der Waals surface area (Å²) < 4.78 is 38.1. The van der Waals surface area contributed by atoms with Crippen LogP contribution in [-0.4, -0.2) is 33.6 Å². The summed E-state index contributed by atoms with van der Waals surface area (Å²) in [7, 11) is -1.44. The van der Waals surface area contributed by atoms with Crippen molar-refractivity contribution in [3.05, 3.63) is 82.4 Å². The monoisotopic (exact) mass is 469 g/mol. The molecule has 1 aliphatic heterocycles. The summed E-state index contributed by atoms with van der Waals surface area (Å²) in [5.74, 6) is 0.605. The molecular weight excluding hydrogens is 450 g/mol. The van der Waals surface area contributed by atoms with E-state index < -0.39 is 21.0 Å². The number of carbonyl (C=O) groups is 1. The van der Waals surface area contributed by atoms with Crippen LogP contribution in [0.4, 0.5) is 21.9 Å². The SMILES string of the molecule is COc1cc(OC)cc(N2C(=O)N(Cc3cccc([N+](=O)[O-])c3)c3ccccc3S2(=O)=O)c1. The Morgan fingerprint density at radius 1 is 0.939 bits per heavy atom. The van der Waals surface area contributed by atoms with Crippen molar-refractivity contribution in [3.63, 3.8) is 0 Å². The highest BCUT2D eigenvalue weighted by Gasteiger charge is 2.42. The second-order valence-corrected chi connectivity index (χ2v) is 8.86. The van der Waals surface area contributed by atoms with Crippen molar-refractivity contribution >= 4 is 33.1 Å². The van der Waals surface area contributed by atoms with E-state index in [1.54, 1.807) is 24.3 Å². The lowest BCUT2D eigenvalue weighted by Crippen LogP contribution is -2.50. The summed E-state index contributed by atoms with van der Waals surface area (Å²) in [5, 5.41) is 11.2. The number of rotatable bonds is 6. The van der Waals surface area contributed by atoms with Gasteiger partial charge in [-0.2, -0.15) is 4.31 Å². The molecule has 0 radical (unpaired) electrons. The number of hydrogen-bond donors (Lipinski definition) is 0. The molecule has 3 aromatic carbocycles. The van der Waals surface area contributed by atoms with Crippen LogP contribution in [0, 0.1) is 10.1 Å². The number of hydrogen-bond acceptors (Lipinski definition) is 7. The Hall–Kier alpha value is -4.12. The lowest BCUT2D eigenvalue weighted by Gasteiger charge is -2.36. The summed E-state index contributed by atoms with van der Waals surface area (Å²) >= 11 is 0. The number of nitro groups is 1. The maximum Gasteiger partial charge on any atom is 0.343 e. The van der Waals surface area contributed by atoms with Gasteiger partial charge >= 0.3 is 6.03 Å². The van der Waals surface area contributed by atoms with Crippen LogP contribution >= 0.6 is 0 Å². The maximum absolute atomic E-state index is 13.6. The Bertz CT molecular complexity index is 1340. The van der Waals surface area contributed by atoms with Gasteiger partial charge in [0.05, 0.1) is 37.1 Å². The van der Waals surface area contributed by atoms with Gasteiger partial charge in [0, 0.05) is 30.3 Å². The molecule has 0 unspecified atom stereocenters. The molecular formula is C22H19N3O7S. The van der Waals surface area contributed by atoms with Crippen LogP contribution in [0.15, 0.2) is 71.6 Å². The molecule has 4 rings (SSSR count). The van der Waals surface area contributed by atoms with E-state index >= 15 is 0 Å². The van der Waals surface area contributed by atoms with Crippen LogP contribution in [0.25, 0.3) is 0 Å². The Morgan fingerprint density at radius 2 is 1.61 bits per heavy atom. The van der Waals surface area contributed by atoms with Crippen LogP contribution in [-0.2, 0) is 16.6 Å². The van der Waals surface area contributed by atoms with E-state index in [0.717, 1.165) is 0 Å². The second-order valence-electron chi connectivity index (χ2n) is 7.10. The largest absolute Gasteiger partial charge is 0.497 e. The third-order valence-corrected chi connectivity index (χ3v) is 6.86. The summed E-state index contributed by atoms with van der Waals surface area (Å²) in [6, 6.07) is 15.5. The van der Waals surface area contributed by atoms with Gasteiger partial charge in [-0.15, -0.1) is 0 Å². The number of para-hydroxylation sites is 1. The van der Waals surface area contributed by atoms with Gasteiger partial charge in [0.1, 0.15) is 16.4 Å². The smallest absolute Gasteiger partial charge is 0.343 e. The molecule has 1 aliphatic rings. The van der Waals surface area contributed by atoms with E-state index in [4.69, 9.17) is 9.47 Å². The average Bonchev–Trinajstić information content (AvgIpc) is 2.81. The van der Waals surface area contributed by atoms with E-state index in [2.05, 4.69) is 0 Å². The molecule has 0 aliphatic carbocycles. The Kier molecular flexibility index (Phi) is 5.64. The van der Waals surface area contributed by atoms with Crippen molar-refractivity contribution in [1.82, 2.24) is 0 Å². The van der Waals surface area contributed by atoms with Crippen molar-refractivity contribution in [2.24, 2.45) is 0 Å². The zero-order chi connectivity index (χ0) is 23.8. The zero-order valence-corrected chi connectivity index (χ0v) is 18.5. The fourth-order valence-electron chi connectivity index (χ4n) is 3.57. The first kappa shape index (κ1) is 22.1. The number of methoxy groups -OCH3 is 2. The maximum atomic E-state index is 13.6. The highest BCUT2D eigenvalue weighted by Crippen LogP contribution is 2.40. The minimum absolute atomic E-state index is 0.0368. The van der Waals surface area contributed by atoms with Crippen molar-refractivity contribution in [2.45, 2.75) is 11.4 Å². The number of carbonyl (C=O) groups excluding carboxylic acids is 1. The van der Waals surface area contributed by atoms with Crippen molar-refractivity contribution in [1.29, 1.82) is 0 Å². The lowest BCUT2D eigenvalue weighted by molar-refractivity contribution is -0.384. The van der Waals surface area contributed by atoms with Gasteiger partial charge in [-0.25, -0.2) is 13.2 Å². The molecule has 0 spiro atoms. The number of benzene rings is 3. The first-order valence-electron chi connectivity index (χ1n) is 9.68. The minimum atomic E-state index is -4.26. The molecule has 0 saturated heterocycles. The third-order valence-electron chi connectivity index (χ3n) is 5.11. The summed E-state index contributed by atoms with van der Waals surface area (Å²) in [5.41, 5.74) is 0.553. The lowest BCUT2D eigenvalue weighted by atomic mass is 10.1. The predicted octanol–water partition coefficient (Wildman–Crippen LogP) is 3.95. The molecule has 1 heterocycles. The number of fused-ring (bicyclic) bond motifs is 1. The van der Waals surface area contributed by atoms with E-state index in [9.17, 15) is 23.3 Å². The van der Waals surface area contributed by atoms with Crippen LogP contribution in [0.2, 0.25) is 0 Å².